The zero-order valence-corrected chi connectivity index (χ0v) is 13.4. The molecule has 0 spiro atoms. The Labute approximate surface area is 131 Å². The standard InChI is InChI=1S/C15H14INO3/c1-10-7-11(2)15(14(8-10)17(18)19)20-9-12-3-5-13(16)6-4-12/h3-8H,9H2,1-2H3. The van der Waals surface area contributed by atoms with E-state index in [0.29, 0.717) is 12.4 Å². The third-order valence-corrected chi connectivity index (χ3v) is 3.61. The molecule has 2 aromatic rings. The van der Waals surface area contributed by atoms with E-state index < -0.39 is 4.92 Å². The van der Waals surface area contributed by atoms with Gasteiger partial charge in [0.25, 0.3) is 0 Å². The van der Waals surface area contributed by atoms with Crippen LogP contribution in [0.4, 0.5) is 5.69 Å². The van der Waals surface area contributed by atoms with Crippen LogP contribution in [0.15, 0.2) is 36.4 Å². The van der Waals surface area contributed by atoms with E-state index in [-0.39, 0.29) is 5.69 Å². The molecule has 2 rings (SSSR count). The molecule has 0 unspecified atom stereocenters. The molecule has 0 atom stereocenters. The molecule has 5 heteroatoms. The van der Waals surface area contributed by atoms with Gasteiger partial charge in [0.1, 0.15) is 6.61 Å². The van der Waals surface area contributed by atoms with E-state index in [1.165, 1.54) is 6.07 Å². The number of hydrogen-bond donors (Lipinski definition) is 0. The number of benzene rings is 2. The molecule has 0 aromatic heterocycles. The van der Waals surface area contributed by atoms with Crippen molar-refractivity contribution in [1.82, 2.24) is 0 Å². The first kappa shape index (κ1) is 14.8. The molecule has 0 aliphatic carbocycles. The van der Waals surface area contributed by atoms with E-state index in [2.05, 4.69) is 22.6 Å². The van der Waals surface area contributed by atoms with Gasteiger partial charge < -0.3 is 4.74 Å². The van der Waals surface area contributed by atoms with Gasteiger partial charge in [-0.05, 0) is 65.3 Å². The summed E-state index contributed by atoms with van der Waals surface area (Å²) >= 11 is 2.23. The molecule has 104 valence electrons. The Morgan fingerprint density at radius 2 is 1.85 bits per heavy atom. The van der Waals surface area contributed by atoms with Crippen molar-refractivity contribution in [3.8, 4) is 5.75 Å². The van der Waals surface area contributed by atoms with Gasteiger partial charge in [-0.3, -0.25) is 10.1 Å². The minimum Gasteiger partial charge on any atom is -0.482 e. The summed E-state index contributed by atoms with van der Waals surface area (Å²) in [6.07, 6.45) is 0. The maximum Gasteiger partial charge on any atom is 0.311 e. The first-order valence-electron chi connectivity index (χ1n) is 6.10. The van der Waals surface area contributed by atoms with Gasteiger partial charge in [0.15, 0.2) is 5.75 Å². The molecule has 0 saturated heterocycles. The number of nitro groups is 1. The summed E-state index contributed by atoms with van der Waals surface area (Å²) in [5.41, 5.74) is 2.64. The highest BCUT2D eigenvalue weighted by Crippen LogP contribution is 2.32. The Morgan fingerprint density at radius 3 is 2.45 bits per heavy atom. The molecule has 0 amide bonds. The maximum atomic E-state index is 11.1. The lowest BCUT2D eigenvalue weighted by Crippen LogP contribution is -2.01. The van der Waals surface area contributed by atoms with E-state index in [0.717, 1.165) is 20.3 Å². The van der Waals surface area contributed by atoms with Crippen molar-refractivity contribution in [3.63, 3.8) is 0 Å². The topological polar surface area (TPSA) is 52.4 Å². The molecule has 0 aliphatic heterocycles. The van der Waals surface area contributed by atoms with E-state index >= 15 is 0 Å². The normalized spacial score (nSPS) is 10.3. The van der Waals surface area contributed by atoms with E-state index in [9.17, 15) is 10.1 Å². The summed E-state index contributed by atoms with van der Waals surface area (Å²) in [4.78, 5) is 10.7. The first-order chi connectivity index (χ1) is 9.47. The molecule has 0 fully saturated rings. The second-order valence-corrected chi connectivity index (χ2v) is 5.85. The molecule has 0 N–H and O–H groups in total. The molecule has 0 aliphatic rings. The van der Waals surface area contributed by atoms with Crippen LogP contribution < -0.4 is 4.74 Å². The van der Waals surface area contributed by atoms with Crippen LogP contribution in [0.5, 0.6) is 5.75 Å². The second kappa shape index (κ2) is 6.21. The van der Waals surface area contributed by atoms with Crippen LogP contribution in [0.25, 0.3) is 0 Å². The summed E-state index contributed by atoms with van der Waals surface area (Å²) in [5, 5.41) is 11.1. The molecule has 4 nitrogen and oxygen atoms in total. The quantitative estimate of drug-likeness (QED) is 0.447. The average Bonchev–Trinajstić information content (AvgIpc) is 2.38. The Kier molecular flexibility index (Phi) is 4.59. The lowest BCUT2D eigenvalue weighted by atomic mass is 10.1. The van der Waals surface area contributed by atoms with Gasteiger partial charge in [-0.1, -0.05) is 18.2 Å². The SMILES string of the molecule is Cc1cc(C)c(OCc2ccc(I)cc2)c([N+](=O)[O-])c1. The summed E-state index contributed by atoms with van der Waals surface area (Å²) < 4.78 is 6.81. The number of rotatable bonds is 4. The molecule has 20 heavy (non-hydrogen) atoms. The van der Waals surface area contributed by atoms with E-state index in [4.69, 9.17) is 4.74 Å². The fraction of sp³-hybridized carbons (Fsp3) is 0.200. The fourth-order valence-electron chi connectivity index (χ4n) is 1.99. The predicted octanol–water partition coefficient (Wildman–Crippen LogP) is 4.40. The second-order valence-electron chi connectivity index (χ2n) is 4.60. The van der Waals surface area contributed by atoms with Crippen LogP contribution in [0.1, 0.15) is 16.7 Å². The molecule has 2 aromatic carbocycles. The lowest BCUT2D eigenvalue weighted by molar-refractivity contribution is -0.386. The minimum atomic E-state index is -0.400. The van der Waals surface area contributed by atoms with Crippen molar-refractivity contribution in [1.29, 1.82) is 0 Å². The smallest absolute Gasteiger partial charge is 0.311 e. The molecule has 0 radical (unpaired) electrons. The Bertz CT molecular complexity index is 638. The van der Waals surface area contributed by atoms with E-state index in [1.807, 2.05) is 44.2 Å². The number of nitro benzene ring substituents is 1. The average molecular weight is 383 g/mol. The maximum absolute atomic E-state index is 11.1. The number of ether oxygens (including phenoxy) is 1. The van der Waals surface area contributed by atoms with Crippen molar-refractivity contribution < 1.29 is 9.66 Å². The van der Waals surface area contributed by atoms with Crippen molar-refractivity contribution in [3.05, 3.63) is 66.8 Å². The minimum absolute atomic E-state index is 0.0213. The number of hydrogen-bond acceptors (Lipinski definition) is 3. The van der Waals surface area contributed by atoms with Crippen molar-refractivity contribution in [2.24, 2.45) is 0 Å². The van der Waals surface area contributed by atoms with Crippen LogP contribution in [-0.4, -0.2) is 4.92 Å². The Balaban J connectivity index is 2.24. The third-order valence-electron chi connectivity index (χ3n) is 2.89. The first-order valence-corrected chi connectivity index (χ1v) is 7.18. The monoisotopic (exact) mass is 383 g/mol. The Morgan fingerprint density at radius 1 is 1.20 bits per heavy atom. The summed E-state index contributed by atoms with van der Waals surface area (Å²) in [6.45, 7) is 3.98. The largest absolute Gasteiger partial charge is 0.482 e. The van der Waals surface area contributed by atoms with Crippen molar-refractivity contribution in [2.75, 3.05) is 0 Å². The summed E-state index contributed by atoms with van der Waals surface area (Å²) in [6, 6.07) is 11.3. The van der Waals surface area contributed by atoms with Gasteiger partial charge in [0.2, 0.25) is 0 Å². The zero-order valence-electron chi connectivity index (χ0n) is 11.2. The fourth-order valence-corrected chi connectivity index (χ4v) is 2.35. The van der Waals surface area contributed by atoms with Crippen molar-refractivity contribution in [2.45, 2.75) is 20.5 Å². The van der Waals surface area contributed by atoms with Gasteiger partial charge in [-0.25, -0.2) is 0 Å². The van der Waals surface area contributed by atoms with Gasteiger partial charge in [0, 0.05) is 9.64 Å². The molecule has 0 bridgehead atoms. The highest BCUT2D eigenvalue weighted by molar-refractivity contribution is 14.1. The van der Waals surface area contributed by atoms with Gasteiger partial charge in [-0.15, -0.1) is 0 Å². The van der Waals surface area contributed by atoms with Gasteiger partial charge >= 0.3 is 5.69 Å². The van der Waals surface area contributed by atoms with Crippen LogP contribution in [0.3, 0.4) is 0 Å². The highest BCUT2D eigenvalue weighted by atomic mass is 127. The summed E-state index contributed by atoms with van der Waals surface area (Å²) in [7, 11) is 0. The van der Waals surface area contributed by atoms with Crippen molar-refractivity contribution >= 4 is 28.3 Å². The lowest BCUT2D eigenvalue weighted by Gasteiger charge is -2.10. The summed E-state index contributed by atoms with van der Waals surface area (Å²) in [5.74, 6) is 0.346. The molecule has 0 saturated carbocycles. The van der Waals surface area contributed by atoms with Crippen LogP contribution in [0, 0.1) is 27.5 Å². The number of aryl methyl sites for hydroxylation is 2. The van der Waals surface area contributed by atoms with Gasteiger partial charge in [0.05, 0.1) is 4.92 Å². The van der Waals surface area contributed by atoms with Crippen LogP contribution in [-0.2, 0) is 6.61 Å². The Hall–Kier alpha value is -1.63. The van der Waals surface area contributed by atoms with Crippen LogP contribution in [0.2, 0.25) is 0 Å². The van der Waals surface area contributed by atoms with Crippen LogP contribution >= 0.6 is 22.6 Å². The molecular weight excluding hydrogens is 369 g/mol. The number of halogens is 1. The third kappa shape index (κ3) is 3.47. The van der Waals surface area contributed by atoms with Gasteiger partial charge in [-0.2, -0.15) is 0 Å². The molecular formula is C15H14INO3. The molecule has 0 heterocycles. The highest BCUT2D eigenvalue weighted by Gasteiger charge is 2.18. The van der Waals surface area contributed by atoms with E-state index in [1.54, 1.807) is 0 Å². The predicted molar refractivity (Wildman–Crippen MR) is 86.1 cm³/mol. The zero-order chi connectivity index (χ0) is 14.7. The number of nitrogens with zero attached hydrogens (tertiary/aromatic N) is 1.